The molecule has 0 aliphatic heterocycles. The molecule has 3 N–H and O–H groups in total. The summed E-state index contributed by atoms with van der Waals surface area (Å²) in [6, 6.07) is 7.72. The monoisotopic (exact) mass is 591 g/mol. The van der Waals surface area contributed by atoms with E-state index in [0.29, 0.717) is 22.6 Å². The van der Waals surface area contributed by atoms with Crippen molar-refractivity contribution >= 4 is 17.5 Å². The average Bonchev–Trinajstić information content (AvgIpc) is 3.38. The maximum atomic E-state index is 13.6. The highest BCUT2D eigenvalue weighted by Crippen LogP contribution is 2.34. The molecule has 0 spiro atoms. The first-order chi connectivity index (χ1) is 19.9. The normalized spacial score (nSPS) is 11.6. The second kappa shape index (κ2) is 12.9. The number of anilines is 3. The Hall–Kier alpha value is -4.66. The molecule has 224 valence electrons. The summed E-state index contributed by atoms with van der Waals surface area (Å²) >= 11 is 0. The summed E-state index contributed by atoms with van der Waals surface area (Å²) in [6.07, 6.45) is 1.26. The molecule has 0 atom stereocenters. The van der Waals surface area contributed by atoms with E-state index in [9.17, 15) is 22.7 Å². The van der Waals surface area contributed by atoms with Crippen LogP contribution in [0.3, 0.4) is 0 Å². The third-order valence-corrected chi connectivity index (χ3v) is 5.72. The van der Waals surface area contributed by atoms with E-state index in [1.165, 1.54) is 43.4 Å². The number of methoxy groups -OCH3 is 2. The maximum Gasteiger partial charge on any atom is 0.387 e. The number of ether oxygens (including phenoxy) is 3. The second-order valence-corrected chi connectivity index (χ2v) is 9.64. The summed E-state index contributed by atoms with van der Waals surface area (Å²) in [4.78, 5) is 11.9. The van der Waals surface area contributed by atoms with Gasteiger partial charge in [-0.1, -0.05) is 0 Å². The minimum Gasteiger partial charge on any atom is -0.497 e. The molecule has 0 bridgehead atoms. The van der Waals surface area contributed by atoms with Gasteiger partial charge in [0.15, 0.2) is 5.82 Å². The number of aromatic nitrogens is 5. The van der Waals surface area contributed by atoms with Gasteiger partial charge in [0.1, 0.15) is 34.7 Å². The summed E-state index contributed by atoms with van der Waals surface area (Å²) in [5.74, 6) is 0.110. The van der Waals surface area contributed by atoms with Gasteiger partial charge in [0.25, 0.3) is 6.43 Å². The number of nitrogens with one attached hydrogen (secondary N) is 2. The molecule has 0 aliphatic rings. The van der Waals surface area contributed by atoms with Crippen molar-refractivity contribution in [2.24, 2.45) is 0 Å². The van der Waals surface area contributed by atoms with E-state index in [1.54, 1.807) is 38.2 Å². The molecule has 0 saturated heterocycles. The Balaban J connectivity index is 1.59. The van der Waals surface area contributed by atoms with Crippen LogP contribution < -0.4 is 24.8 Å². The Morgan fingerprint density at radius 1 is 0.952 bits per heavy atom. The zero-order valence-corrected chi connectivity index (χ0v) is 23.1. The first-order valence-corrected chi connectivity index (χ1v) is 12.5. The Morgan fingerprint density at radius 3 is 2.38 bits per heavy atom. The van der Waals surface area contributed by atoms with Gasteiger partial charge in [-0.25, -0.2) is 23.7 Å². The van der Waals surface area contributed by atoms with Crippen LogP contribution in [0.5, 0.6) is 17.2 Å². The molecular formula is C27H29F4N7O4. The zero-order valence-electron chi connectivity index (χ0n) is 23.1. The van der Waals surface area contributed by atoms with E-state index in [4.69, 9.17) is 14.2 Å². The van der Waals surface area contributed by atoms with E-state index < -0.39 is 24.5 Å². The van der Waals surface area contributed by atoms with Crippen molar-refractivity contribution in [3.05, 3.63) is 60.3 Å². The Labute approximate surface area is 238 Å². The summed E-state index contributed by atoms with van der Waals surface area (Å²) in [5.41, 5.74) is 0.272. The number of hydrogen-bond donors (Lipinski definition) is 3. The highest BCUT2D eigenvalue weighted by molar-refractivity contribution is 5.71. The van der Waals surface area contributed by atoms with E-state index >= 15 is 0 Å². The van der Waals surface area contributed by atoms with Crippen LogP contribution in [-0.2, 0) is 13.1 Å². The fourth-order valence-corrected chi connectivity index (χ4v) is 3.93. The van der Waals surface area contributed by atoms with Crippen LogP contribution in [0.4, 0.5) is 35.0 Å². The molecule has 4 aromatic rings. The van der Waals surface area contributed by atoms with Crippen molar-refractivity contribution < 1.29 is 36.9 Å². The van der Waals surface area contributed by atoms with Crippen molar-refractivity contribution in [3.63, 3.8) is 0 Å². The number of aliphatic hydroxyl groups is 1. The van der Waals surface area contributed by atoms with Crippen LogP contribution in [0.25, 0.3) is 11.1 Å². The van der Waals surface area contributed by atoms with Crippen LogP contribution in [0.15, 0.2) is 48.9 Å². The zero-order chi connectivity index (χ0) is 30.4. The van der Waals surface area contributed by atoms with Gasteiger partial charge >= 0.3 is 6.61 Å². The minimum atomic E-state index is -3.15. The summed E-state index contributed by atoms with van der Waals surface area (Å²) in [5, 5.41) is 19.9. The van der Waals surface area contributed by atoms with Gasteiger partial charge in [0.05, 0.1) is 32.6 Å². The first-order valence-electron chi connectivity index (χ1n) is 12.5. The van der Waals surface area contributed by atoms with Crippen molar-refractivity contribution in [1.82, 2.24) is 24.7 Å². The highest BCUT2D eigenvalue weighted by Gasteiger charge is 2.19. The summed E-state index contributed by atoms with van der Waals surface area (Å²) in [7, 11) is 3.01. The molecule has 0 amide bonds. The lowest BCUT2D eigenvalue weighted by Crippen LogP contribution is -2.26. The Bertz CT molecular complexity index is 1510. The van der Waals surface area contributed by atoms with E-state index in [-0.39, 0.29) is 41.9 Å². The molecular weight excluding hydrogens is 562 g/mol. The molecule has 4 rings (SSSR count). The molecule has 11 nitrogen and oxygen atoms in total. The lowest BCUT2D eigenvalue weighted by atomic mass is 10.1. The molecule has 3 heterocycles. The van der Waals surface area contributed by atoms with Crippen LogP contribution >= 0.6 is 0 Å². The Morgan fingerprint density at radius 2 is 1.71 bits per heavy atom. The van der Waals surface area contributed by atoms with Gasteiger partial charge in [0.2, 0.25) is 0 Å². The van der Waals surface area contributed by atoms with Crippen LogP contribution in [0.2, 0.25) is 0 Å². The quantitative estimate of drug-likeness (QED) is 0.174. The van der Waals surface area contributed by atoms with Gasteiger partial charge < -0.3 is 30.0 Å². The van der Waals surface area contributed by atoms with Crippen LogP contribution in [0.1, 0.15) is 31.7 Å². The van der Waals surface area contributed by atoms with Crippen LogP contribution in [0, 0.1) is 0 Å². The van der Waals surface area contributed by atoms with Gasteiger partial charge in [0, 0.05) is 53.8 Å². The molecule has 0 saturated carbocycles. The molecule has 3 aromatic heterocycles. The SMILES string of the molecule is COc1ccc(CNc2cc(Nc3cc(OC(F)F)c(-c4cnn(CC(C)(C)O)c4)cn3)nc(C(F)F)n2)c(OC)c1. The van der Waals surface area contributed by atoms with E-state index in [0.717, 1.165) is 0 Å². The van der Waals surface area contributed by atoms with E-state index in [1.807, 2.05) is 0 Å². The standard InChI is InChI=1S/C27H29F4N7O4/c1-27(2,39)14-38-13-16(11-34-38)18-12-33-21(8-20(18)42-26(30)31)35-23-9-22(36-25(37-23)24(28)29)32-10-15-5-6-17(40-3)7-19(15)41-4/h5-9,11-13,24,26,39H,10,14H2,1-4H3,(H2,32,33,35,36,37). The topological polar surface area (TPSA) is 128 Å². The maximum absolute atomic E-state index is 13.6. The minimum absolute atomic E-state index is 0.0000247. The van der Waals surface area contributed by atoms with Crippen LogP contribution in [-0.4, -0.2) is 56.3 Å². The lowest BCUT2D eigenvalue weighted by Gasteiger charge is -2.16. The third-order valence-electron chi connectivity index (χ3n) is 5.72. The number of halogens is 4. The molecule has 15 heteroatoms. The molecule has 42 heavy (non-hydrogen) atoms. The van der Waals surface area contributed by atoms with Gasteiger partial charge in [-0.2, -0.15) is 13.9 Å². The molecule has 1 aromatic carbocycles. The van der Waals surface area contributed by atoms with Gasteiger partial charge in [-0.05, 0) is 26.0 Å². The van der Waals surface area contributed by atoms with Crippen molar-refractivity contribution in [2.45, 2.75) is 45.6 Å². The average molecular weight is 592 g/mol. The highest BCUT2D eigenvalue weighted by atomic mass is 19.3. The smallest absolute Gasteiger partial charge is 0.387 e. The Kier molecular flexibility index (Phi) is 9.30. The summed E-state index contributed by atoms with van der Waals surface area (Å²) in [6.45, 7) is 0.386. The second-order valence-electron chi connectivity index (χ2n) is 9.64. The first kappa shape index (κ1) is 30.3. The van der Waals surface area contributed by atoms with Crippen molar-refractivity contribution in [3.8, 4) is 28.4 Å². The molecule has 0 fully saturated rings. The largest absolute Gasteiger partial charge is 0.497 e. The fourth-order valence-electron chi connectivity index (χ4n) is 3.93. The number of benzene rings is 1. The number of alkyl halides is 4. The molecule has 0 unspecified atom stereocenters. The van der Waals surface area contributed by atoms with Crippen molar-refractivity contribution in [1.29, 1.82) is 0 Å². The number of nitrogens with zero attached hydrogens (tertiary/aromatic N) is 5. The van der Waals surface area contributed by atoms with Crippen molar-refractivity contribution in [2.75, 3.05) is 24.9 Å². The van der Waals surface area contributed by atoms with Gasteiger partial charge in [-0.15, -0.1) is 0 Å². The predicted molar refractivity (Wildman–Crippen MR) is 146 cm³/mol. The number of pyridine rings is 1. The van der Waals surface area contributed by atoms with E-state index in [2.05, 4.69) is 30.7 Å². The number of hydrogen-bond acceptors (Lipinski definition) is 10. The fraction of sp³-hybridized carbons (Fsp3) is 0.333. The molecule has 0 aliphatic carbocycles. The van der Waals surface area contributed by atoms with Gasteiger partial charge in [-0.3, -0.25) is 4.68 Å². The molecule has 0 radical (unpaired) electrons. The number of rotatable bonds is 13. The lowest BCUT2D eigenvalue weighted by molar-refractivity contribution is -0.0494. The predicted octanol–water partition coefficient (Wildman–Crippen LogP) is 5.42. The summed E-state index contributed by atoms with van der Waals surface area (Å²) < 4.78 is 70.5. The third kappa shape index (κ3) is 7.96.